The van der Waals surface area contributed by atoms with Crippen LogP contribution in [-0.4, -0.2) is 58.9 Å². The van der Waals surface area contributed by atoms with E-state index in [2.05, 4.69) is 80.6 Å². The number of benzene rings is 1. The zero-order valence-corrected chi connectivity index (χ0v) is 26.7. The van der Waals surface area contributed by atoms with Crippen LogP contribution in [0.25, 0.3) is 0 Å². The van der Waals surface area contributed by atoms with Crippen molar-refractivity contribution in [1.29, 1.82) is 0 Å². The van der Waals surface area contributed by atoms with Gasteiger partial charge in [0.05, 0.1) is 12.2 Å². The fourth-order valence-electron chi connectivity index (χ4n) is 6.02. The van der Waals surface area contributed by atoms with Gasteiger partial charge in [-0.2, -0.15) is 0 Å². The summed E-state index contributed by atoms with van der Waals surface area (Å²) in [5.74, 6) is 0.906. The summed E-state index contributed by atoms with van der Waals surface area (Å²) < 4.78 is 8.35. The minimum atomic E-state index is -0.584. The van der Waals surface area contributed by atoms with E-state index in [0.29, 0.717) is 13.2 Å². The quantitative estimate of drug-likeness (QED) is 0.182. The van der Waals surface area contributed by atoms with Crippen LogP contribution in [0, 0.1) is 6.92 Å². The van der Waals surface area contributed by atoms with E-state index in [1.165, 1.54) is 11.3 Å². The number of aliphatic hydroxyl groups is 1. The average molecular weight is 556 g/mol. The van der Waals surface area contributed by atoms with Crippen LogP contribution in [0.3, 0.4) is 0 Å². The molecule has 6 heteroatoms. The van der Waals surface area contributed by atoms with Gasteiger partial charge in [0.2, 0.25) is 0 Å². The molecule has 0 aliphatic rings. The van der Waals surface area contributed by atoms with Crippen molar-refractivity contribution < 1.29 is 14.6 Å². The van der Waals surface area contributed by atoms with Crippen LogP contribution in [0.5, 0.6) is 5.75 Å². The lowest BCUT2D eigenvalue weighted by Crippen LogP contribution is -2.33. The van der Waals surface area contributed by atoms with E-state index in [9.17, 15) is 9.90 Å². The van der Waals surface area contributed by atoms with Gasteiger partial charge in [0.15, 0.2) is 0 Å². The molecular weight excluding hydrogens is 498 g/mol. The highest BCUT2D eigenvalue weighted by Crippen LogP contribution is 2.41. The van der Waals surface area contributed by atoms with Gasteiger partial charge in [0.25, 0.3) is 5.91 Å². The summed E-state index contributed by atoms with van der Waals surface area (Å²) in [4.78, 5) is 15.6. The molecule has 0 saturated carbocycles. The number of nitrogens with one attached hydrogen (secondary N) is 1. The number of aromatic nitrogens is 1. The number of nitrogens with zero attached hydrogens (tertiary/aromatic N) is 2. The number of rotatable bonds is 19. The molecule has 0 atom stereocenters. The Balaban J connectivity index is 2.21. The fraction of sp³-hybridized carbons (Fsp3) is 0.676. The minimum Gasteiger partial charge on any atom is -0.493 e. The van der Waals surface area contributed by atoms with E-state index in [0.717, 1.165) is 88.1 Å². The van der Waals surface area contributed by atoms with Gasteiger partial charge in [-0.1, -0.05) is 53.7 Å². The molecule has 2 aromatic rings. The summed E-state index contributed by atoms with van der Waals surface area (Å²) in [6, 6.07) is 10.7. The molecule has 226 valence electrons. The molecule has 0 spiro atoms. The molecule has 0 radical (unpaired) electrons. The van der Waals surface area contributed by atoms with Crippen LogP contribution in [0.4, 0.5) is 0 Å². The molecule has 1 amide bonds. The van der Waals surface area contributed by atoms with Crippen molar-refractivity contribution in [2.75, 3.05) is 32.8 Å². The third kappa shape index (κ3) is 8.13. The topological polar surface area (TPSA) is 66.7 Å². The highest BCUT2D eigenvalue weighted by molar-refractivity contribution is 5.93. The monoisotopic (exact) mass is 555 g/mol. The van der Waals surface area contributed by atoms with E-state index in [1.54, 1.807) is 0 Å². The van der Waals surface area contributed by atoms with Gasteiger partial charge in [-0.05, 0) is 108 Å². The summed E-state index contributed by atoms with van der Waals surface area (Å²) in [5, 5.41) is 13.7. The first kappa shape index (κ1) is 33.9. The maximum Gasteiger partial charge on any atom is 0.267 e. The second-order valence-electron chi connectivity index (χ2n) is 11.1. The summed E-state index contributed by atoms with van der Waals surface area (Å²) >= 11 is 0. The molecule has 0 unspecified atom stereocenters. The third-order valence-corrected chi connectivity index (χ3v) is 9.15. The van der Waals surface area contributed by atoms with Crippen molar-refractivity contribution >= 4 is 5.91 Å². The summed E-state index contributed by atoms with van der Waals surface area (Å²) in [6.07, 6.45) is 5.95. The maximum atomic E-state index is 13.2. The fourth-order valence-corrected chi connectivity index (χ4v) is 6.02. The van der Waals surface area contributed by atoms with Crippen molar-refractivity contribution in [3.05, 3.63) is 52.8 Å². The molecule has 2 rings (SSSR count). The molecule has 2 N–H and O–H groups in total. The number of hydrogen-bond donors (Lipinski definition) is 2. The molecule has 0 fully saturated rings. The van der Waals surface area contributed by atoms with Gasteiger partial charge in [-0.25, -0.2) is 0 Å². The zero-order valence-electron chi connectivity index (χ0n) is 26.7. The lowest BCUT2D eigenvalue weighted by Gasteiger charge is -2.34. The average Bonchev–Trinajstić information content (AvgIpc) is 3.41. The maximum absolute atomic E-state index is 13.2. The van der Waals surface area contributed by atoms with E-state index in [1.807, 2.05) is 19.9 Å². The molecule has 0 aliphatic heterocycles. The first-order chi connectivity index (χ1) is 19.2. The van der Waals surface area contributed by atoms with Gasteiger partial charge in [0, 0.05) is 24.2 Å². The second-order valence-corrected chi connectivity index (χ2v) is 11.1. The van der Waals surface area contributed by atoms with Crippen LogP contribution in [0.15, 0.2) is 30.3 Å². The lowest BCUT2D eigenvalue weighted by molar-refractivity contribution is 0.0184. The van der Waals surface area contributed by atoms with E-state index < -0.39 is 5.60 Å². The number of carbonyl (C=O) groups excluding carboxylic acids is 1. The van der Waals surface area contributed by atoms with Gasteiger partial charge >= 0.3 is 0 Å². The molecule has 0 bridgehead atoms. The molecule has 0 aliphatic carbocycles. The first-order valence-corrected chi connectivity index (χ1v) is 15.9. The number of ether oxygens (including phenoxy) is 1. The normalized spacial score (nSPS) is 12.2. The molecule has 1 heterocycles. The molecular formula is C34H57N3O3. The number of hydrogen-bond acceptors (Lipinski definition) is 4. The Morgan fingerprint density at radius 2 is 1.62 bits per heavy atom. The Morgan fingerprint density at radius 1 is 0.950 bits per heavy atom. The van der Waals surface area contributed by atoms with Crippen LogP contribution < -0.4 is 10.1 Å². The Hall–Kier alpha value is -2.31. The third-order valence-electron chi connectivity index (χ3n) is 9.15. The van der Waals surface area contributed by atoms with Gasteiger partial charge in [-0.15, -0.1) is 0 Å². The predicted octanol–water partition coefficient (Wildman–Crippen LogP) is 7.09. The Bertz CT molecular complexity index is 1030. The van der Waals surface area contributed by atoms with E-state index >= 15 is 0 Å². The number of amides is 1. The SMILES string of the molecule is CCN(CC)CCCNC(=O)c1ccc(C(CC)(CC)c2ccc(OCCCC(O)(CC)CC)c(C)c2)n1CC. The van der Waals surface area contributed by atoms with Gasteiger partial charge in [-0.3, -0.25) is 4.79 Å². The minimum absolute atomic E-state index is 0.00623. The van der Waals surface area contributed by atoms with Crippen LogP contribution in [0.1, 0.15) is 121 Å². The summed E-state index contributed by atoms with van der Waals surface area (Å²) in [5.41, 5.74) is 3.53. The van der Waals surface area contributed by atoms with E-state index in [-0.39, 0.29) is 11.3 Å². The molecule has 0 saturated heterocycles. The Kier molecular flexibility index (Phi) is 13.7. The summed E-state index contributed by atoms with van der Waals surface area (Å²) in [7, 11) is 0. The lowest BCUT2D eigenvalue weighted by atomic mass is 9.72. The first-order valence-electron chi connectivity index (χ1n) is 15.9. The largest absolute Gasteiger partial charge is 0.493 e. The van der Waals surface area contributed by atoms with Gasteiger partial charge in [0.1, 0.15) is 11.4 Å². The van der Waals surface area contributed by atoms with Crippen molar-refractivity contribution in [2.45, 2.75) is 118 Å². The standard InChI is InChI=1S/C34H57N3O3/c1-9-33(39,10-2)22-16-25-40-30-20-18-28(26-27(30)8)34(11-3,12-4)31-21-19-29(37(31)15-7)32(38)35-23-17-24-36(13-5)14-6/h18-21,26,39H,9-17,22-25H2,1-8H3,(H,35,38). The smallest absolute Gasteiger partial charge is 0.267 e. The highest BCUT2D eigenvalue weighted by Gasteiger charge is 2.35. The van der Waals surface area contributed by atoms with Crippen LogP contribution in [-0.2, 0) is 12.0 Å². The van der Waals surface area contributed by atoms with E-state index in [4.69, 9.17) is 4.74 Å². The highest BCUT2D eigenvalue weighted by atomic mass is 16.5. The Morgan fingerprint density at radius 3 is 2.17 bits per heavy atom. The molecule has 1 aromatic heterocycles. The van der Waals surface area contributed by atoms with Gasteiger partial charge < -0.3 is 24.6 Å². The van der Waals surface area contributed by atoms with Crippen LogP contribution in [0.2, 0.25) is 0 Å². The summed E-state index contributed by atoms with van der Waals surface area (Å²) in [6.45, 7) is 22.3. The van der Waals surface area contributed by atoms with Crippen LogP contribution >= 0.6 is 0 Å². The Labute approximate surface area is 244 Å². The van der Waals surface area contributed by atoms with Crippen molar-refractivity contribution in [2.24, 2.45) is 0 Å². The van der Waals surface area contributed by atoms with Crippen molar-refractivity contribution in [3.63, 3.8) is 0 Å². The predicted molar refractivity (Wildman–Crippen MR) is 168 cm³/mol. The molecule has 40 heavy (non-hydrogen) atoms. The number of aryl methyl sites for hydroxylation is 1. The molecule has 6 nitrogen and oxygen atoms in total. The van der Waals surface area contributed by atoms with Crippen molar-refractivity contribution in [3.8, 4) is 5.75 Å². The molecule has 1 aromatic carbocycles. The second kappa shape index (κ2) is 16.2. The number of carbonyl (C=O) groups is 1. The zero-order chi connectivity index (χ0) is 29.8. The van der Waals surface area contributed by atoms with Crippen molar-refractivity contribution in [1.82, 2.24) is 14.8 Å².